The Kier molecular flexibility index (Phi) is 4.36. The molecular formula is C16H20N6O. The predicted molar refractivity (Wildman–Crippen MR) is 89.2 cm³/mol. The Labute approximate surface area is 134 Å². The first-order valence-electron chi connectivity index (χ1n) is 7.74. The Bertz CT molecular complexity index is 711. The van der Waals surface area contributed by atoms with Crippen LogP contribution in [0.15, 0.2) is 24.7 Å². The number of carbonyl (C=O) groups excluding carboxylic acids is 1. The molecule has 0 atom stereocenters. The van der Waals surface area contributed by atoms with Crippen LogP contribution in [0.4, 0.5) is 17.3 Å². The molecule has 1 fully saturated rings. The van der Waals surface area contributed by atoms with Crippen LogP contribution in [0.2, 0.25) is 0 Å². The standard InChI is InChI=1S/C16H20N6O/c17-14-10-20-15(16(18)21-14)13(23)8-11-9-19-5-4-12(11)22-6-2-1-3-7-22/h4-5,9-10H,1-3,6-8H2,(H4,17,18,21). The quantitative estimate of drug-likeness (QED) is 0.822. The maximum Gasteiger partial charge on any atom is 0.189 e. The fourth-order valence-electron chi connectivity index (χ4n) is 2.89. The van der Waals surface area contributed by atoms with Gasteiger partial charge < -0.3 is 16.4 Å². The van der Waals surface area contributed by atoms with E-state index in [1.165, 1.54) is 25.5 Å². The van der Waals surface area contributed by atoms with E-state index in [-0.39, 0.29) is 29.5 Å². The summed E-state index contributed by atoms with van der Waals surface area (Å²) in [5, 5.41) is 0. The molecule has 120 valence electrons. The number of hydrogen-bond donors (Lipinski definition) is 2. The van der Waals surface area contributed by atoms with Gasteiger partial charge in [0.2, 0.25) is 0 Å². The number of rotatable bonds is 4. The van der Waals surface area contributed by atoms with Gasteiger partial charge in [0.1, 0.15) is 11.5 Å². The average Bonchev–Trinajstić information content (AvgIpc) is 2.56. The molecule has 0 radical (unpaired) electrons. The lowest BCUT2D eigenvalue weighted by Crippen LogP contribution is -2.30. The second-order valence-corrected chi connectivity index (χ2v) is 5.68. The lowest BCUT2D eigenvalue weighted by molar-refractivity contribution is 0.0989. The number of aromatic nitrogens is 3. The summed E-state index contributed by atoms with van der Waals surface area (Å²) < 4.78 is 0. The van der Waals surface area contributed by atoms with Crippen molar-refractivity contribution < 1.29 is 4.79 Å². The maximum atomic E-state index is 12.5. The summed E-state index contributed by atoms with van der Waals surface area (Å²) in [7, 11) is 0. The van der Waals surface area contributed by atoms with Crippen molar-refractivity contribution >= 4 is 23.1 Å². The van der Waals surface area contributed by atoms with Gasteiger partial charge >= 0.3 is 0 Å². The molecule has 0 amide bonds. The van der Waals surface area contributed by atoms with Gasteiger partial charge in [-0.15, -0.1) is 0 Å². The fourth-order valence-corrected chi connectivity index (χ4v) is 2.89. The Morgan fingerprint density at radius 2 is 1.96 bits per heavy atom. The molecule has 4 N–H and O–H groups in total. The third kappa shape index (κ3) is 3.39. The number of ketones is 1. The van der Waals surface area contributed by atoms with Crippen molar-refractivity contribution in [2.75, 3.05) is 29.5 Å². The SMILES string of the molecule is Nc1cnc(C(=O)Cc2cnccc2N2CCCCC2)c(N)n1. The molecule has 2 aromatic heterocycles. The molecule has 3 rings (SSSR count). The van der Waals surface area contributed by atoms with Gasteiger partial charge in [-0.1, -0.05) is 0 Å². The number of anilines is 3. The topological polar surface area (TPSA) is 111 Å². The summed E-state index contributed by atoms with van der Waals surface area (Å²) >= 11 is 0. The highest BCUT2D eigenvalue weighted by atomic mass is 16.1. The summed E-state index contributed by atoms with van der Waals surface area (Å²) in [6.07, 6.45) is 8.64. The number of hydrogen-bond acceptors (Lipinski definition) is 7. The second kappa shape index (κ2) is 6.60. The van der Waals surface area contributed by atoms with Gasteiger partial charge in [-0.2, -0.15) is 0 Å². The van der Waals surface area contributed by atoms with Crippen molar-refractivity contribution in [1.82, 2.24) is 15.0 Å². The van der Waals surface area contributed by atoms with Crippen LogP contribution in [0.25, 0.3) is 0 Å². The monoisotopic (exact) mass is 312 g/mol. The van der Waals surface area contributed by atoms with Crippen LogP contribution in [0, 0.1) is 0 Å². The van der Waals surface area contributed by atoms with Crippen molar-refractivity contribution in [2.45, 2.75) is 25.7 Å². The summed E-state index contributed by atoms with van der Waals surface area (Å²) in [5.41, 5.74) is 13.4. The zero-order chi connectivity index (χ0) is 16.2. The summed E-state index contributed by atoms with van der Waals surface area (Å²) in [4.78, 5) is 26.9. The number of piperidine rings is 1. The second-order valence-electron chi connectivity index (χ2n) is 5.68. The molecule has 1 aliphatic heterocycles. The molecule has 3 heterocycles. The molecule has 0 spiro atoms. The third-order valence-corrected chi connectivity index (χ3v) is 4.01. The molecule has 2 aromatic rings. The lowest BCUT2D eigenvalue weighted by Gasteiger charge is -2.30. The van der Waals surface area contributed by atoms with Gasteiger partial charge in [-0.25, -0.2) is 9.97 Å². The predicted octanol–water partition coefficient (Wildman–Crippen LogP) is 1.45. The highest BCUT2D eigenvalue weighted by Gasteiger charge is 2.19. The van der Waals surface area contributed by atoms with Crippen molar-refractivity contribution in [1.29, 1.82) is 0 Å². The molecule has 0 aromatic carbocycles. The Balaban J connectivity index is 1.83. The van der Waals surface area contributed by atoms with Crippen LogP contribution in [0.1, 0.15) is 35.3 Å². The van der Waals surface area contributed by atoms with Crippen LogP contribution in [0.3, 0.4) is 0 Å². The number of pyridine rings is 1. The van der Waals surface area contributed by atoms with Crippen LogP contribution >= 0.6 is 0 Å². The van der Waals surface area contributed by atoms with E-state index >= 15 is 0 Å². The van der Waals surface area contributed by atoms with E-state index in [0.29, 0.717) is 0 Å². The fraction of sp³-hybridized carbons (Fsp3) is 0.375. The molecule has 0 bridgehead atoms. The van der Waals surface area contributed by atoms with Crippen molar-refractivity contribution in [3.8, 4) is 0 Å². The zero-order valence-electron chi connectivity index (χ0n) is 12.9. The van der Waals surface area contributed by atoms with E-state index in [4.69, 9.17) is 11.5 Å². The molecule has 0 aliphatic carbocycles. The molecule has 1 aliphatic rings. The van der Waals surface area contributed by atoms with Crippen molar-refractivity contribution in [3.63, 3.8) is 0 Å². The molecule has 0 saturated carbocycles. The lowest BCUT2D eigenvalue weighted by atomic mass is 10.0. The smallest absolute Gasteiger partial charge is 0.189 e. The summed E-state index contributed by atoms with van der Waals surface area (Å²) in [6, 6.07) is 1.96. The highest BCUT2D eigenvalue weighted by molar-refractivity contribution is 6.00. The first-order valence-corrected chi connectivity index (χ1v) is 7.74. The number of Topliss-reactive ketones (excluding diaryl/α,β-unsaturated/α-hetero) is 1. The molecule has 1 saturated heterocycles. The van der Waals surface area contributed by atoms with Gasteiger partial charge in [0, 0.05) is 43.2 Å². The van der Waals surface area contributed by atoms with Crippen LogP contribution in [0.5, 0.6) is 0 Å². The molecular weight excluding hydrogens is 292 g/mol. The highest BCUT2D eigenvalue weighted by Crippen LogP contribution is 2.24. The Hall–Kier alpha value is -2.70. The number of nitrogens with zero attached hydrogens (tertiary/aromatic N) is 4. The normalized spacial score (nSPS) is 14.7. The number of nitrogens with two attached hydrogens (primary N) is 2. The summed E-state index contributed by atoms with van der Waals surface area (Å²) in [6.45, 7) is 2.02. The largest absolute Gasteiger partial charge is 0.382 e. The first kappa shape index (κ1) is 15.2. The third-order valence-electron chi connectivity index (χ3n) is 4.01. The average molecular weight is 312 g/mol. The number of carbonyl (C=O) groups is 1. The molecule has 7 nitrogen and oxygen atoms in total. The van der Waals surface area contributed by atoms with Gasteiger partial charge in [-0.05, 0) is 25.3 Å². The minimum Gasteiger partial charge on any atom is -0.382 e. The van der Waals surface area contributed by atoms with Crippen LogP contribution < -0.4 is 16.4 Å². The molecule has 7 heteroatoms. The first-order chi connectivity index (χ1) is 11.1. The molecule has 23 heavy (non-hydrogen) atoms. The minimum atomic E-state index is -0.179. The Morgan fingerprint density at radius 3 is 2.70 bits per heavy atom. The van der Waals surface area contributed by atoms with Gasteiger partial charge in [0.15, 0.2) is 11.6 Å². The van der Waals surface area contributed by atoms with E-state index in [2.05, 4.69) is 19.9 Å². The maximum absolute atomic E-state index is 12.5. The minimum absolute atomic E-state index is 0.0680. The Morgan fingerprint density at radius 1 is 1.17 bits per heavy atom. The van der Waals surface area contributed by atoms with E-state index in [1.807, 2.05) is 6.07 Å². The van der Waals surface area contributed by atoms with Gasteiger partial charge in [0.25, 0.3) is 0 Å². The summed E-state index contributed by atoms with van der Waals surface area (Å²) in [5.74, 6) is 0.0918. The van der Waals surface area contributed by atoms with Crippen molar-refractivity contribution in [2.24, 2.45) is 0 Å². The van der Waals surface area contributed by atoms with Crippen LogP contribution in [-0.4, -0.2) is 33.8 Å². The van der Waals surface area contributed by atoms with E-state index in [0.717, 1.165) is 24.3 Å². The van der Waals surface area contributed by atoms with Gasteiger partial charge in [0.05, 0.1) is 6.20 Å². The van der Waals surface area contributed by atoms with E-state index in [9.17, 15) is 4.79 Å². The van der Waals surface area contributed by atoms with E-state index < -0.39 is 0 Å². The van der Waals surface area contributed by atoms with Gasteiger partial charge in [-0.3, -0.25) is 9.78 Å². The van der Waals surface area contributed by atoms with Crippen LogP contribution in [-0.2, 0) is 6.42 Å². The zero-order valence-corrected chi connectivity index (χ0v) is 12.9. The van der Waals surface area contributed by atoms with E-state index in [1.54, 1.807) is 12.4 Å². The number of nitrogen functional groups attached to an aromatic ring is 2. The molecule has 0 unspecified atom stereocenters. The van der Waals surface area contributed by atoms with Crippen molar-refractivity contribution in [3.05, 3.63) is 35.9 Å².